The summed E-state index contributed by atoms with van der Waals surface area (Å²) in [5, 5.41) is 10.3. The maximum Gasteiger partial charge on any atom is 0.431 e. The predicted octanol–water partition coefficient (Wildman–Crippen LogP) is 4.31. The number of fused-ring (bicyclic) bond motifs is 2. The first-order valence-corrected chi connectivity index (χ1v) is 11.0. The number of benzene rings is 1. The first-order chi connectivity index (χ1) is 15.3. The summed E-state index contributed by atoms with van der Waals surface area (Å²) in [6.07, 6.45) is -5.87. The van der Waals surface area contributed by atoms with Crippen molar-refractivity contribution in [1.82, 2.24) is 14.4 Å². The zero-order valence-corrected chi connectivity index (χ0v) is 19.2. The molecule has 1 aromatic carbocycles. The molecule has 5 nitrogen and oxygen atoms in total. The number of nitrogens with zero attached hydrogens (tertiary/aromatic N) is 3. The van der Waals surface area contributed by atoms with E-state index in [1.165, 1.54) is 15.5 Å². The fourth-order valence-electron chi connectivity index (χ4n) is 5.45. The number of hydrogen-bond donors (Lipinski definition) is 1. The number of halogens is 4. The number of aromatic nitrogens is 1. The van der Waals surface area contributed by atoms with Crippen molar-refractivity contribution < 1.29 is 28.9 Å². The van der Waals surface area contributed by atoms with E-state index in [2.05, 4.69) is 0 Å². The van der Waals surface area contributed by atoms with E-state index in [-0.39, 0.29) is 39.9 Å². The van der Waals surface area contributed by atoms with Gasteiger partial charge in [0.25, 0.3) is 5.91 Å². The van der Waals surface area contributed by atoms with E-state index in [4.69, 9.17) is 0 Å². The van der Waals surface area contributed by atoms with Crippen molar-refractivity contribution in [1.29, 1.82) is 0 Å². The van der Waals surface area contributed by atoms with Gasteiger partial charge in [-0.1, -0.05) is 6.07 Å². The molecule has 33 heavy (non-hydrogen) atoms. The Kier molecular flexibility index (Phi) is 5.64. The Hall–Kier alpha value is -2.39. The molecule has 2 aliphatic heterocycles. The van der Waals surface area contributed by atoms with Crippen LogP contribution in [0.4, 0.5) is 17.6 Å². The number of carbonyl (C=O) groups excluding carboxylic acids is 1. The van der Waals surface area contributed by atoms with Gasteiger partial charge in [-0.05, 0) is 69.6 Å². The SMILES string of the molecule is Cc1cc(C(=O)N2CC[C@]3(c4ccc(C(F)(F)F)n4CCN3C)[C@H](F)C2)ccc1C(C)(C)O.[HH]. The van der Waals surface area contributed by atoms with E-state index >= 15 is 4.39 Å². The highest BCUT2D eigenvalue weighted by Crippen LogP contribution is 2.45. The number of piperidine rings is 1. The number of alkyl halides is 4. The van der Waals surface area contributed by atoms with Crippen molar-refractivity contribution >= 4 is 5.91 Å². The van der Waals surface area contributed by atoms with Gasteiger partial charge in [0.2, 0.25) is 0 Å². The summed E-state index contributed by atoms with van der Waals surface area (Å²) < 4.78 is 57.4. The molecular weight excluding hydrogens is 438 g/mol. The number of aliphatic hydroxyl groups is 1. The Morgan fingerprint density at radius 2 is 1.85 bits per heavy atom. The summed E-state index contributed by atoms with van der Waals surface area (Å²) in [6, 6.07) is 7.39. The Balaban J connectivity index is 0.00000324. The molecule has 2 atom stereocenters. The van der Waals surface area contributed by atoms with Crippen molar-refractivity contribution in [3.63, 3.8) is 0 Å². The van der Waals surface area contributed by atoms with Gasteiger partial charge in [0, 0.05) is 32.3 Å². The van der Waals surface area contributed by atoms with E-state index in [1.54, 1.807) is 50.9 Å². The highest BCUT2D eigenvalue weighted by Gasteiger charge is 2.53. The number of carbonyl (C=O) groups is 1. The number of aryl methyl sites for hydroxylation is 1. The highest BCUT2D eigenvalue weighted by molar-refractivity contribution is 5.94. The molecular formula is C24H31F4N3O2. The van der Waals surface area contributed by atoms with Crippen LogP contribution in [0.5, 0.6) is 0 Å². The van der Waals surface area contributed by atoms with E-state index in [0.29, 0.717) is 16.8 Å². The molecule has 1 spiro atoms. The molecule has 0 unspecified atom stereocenters. The summed E-state index contributed by atoms with van der Waals surface area (Å²) in [6.45, 7) is 5.57. The molecule has 2 aliphatic rings. The van der Waals surface area contributed by atoms with Crippen LogP contribution in [0.2, 0.25) is 0 Å². The smallest absolute Gasteiger partial charge is 0.386 e. The van der Waals surface area contributed by atoms with Crippen LogP contribution in [-0.2, 0) is 23.9 Å². The minimum Gasteiger partial charge on any atom is -0.386 e. The minimum absolute atomic E-state index is 0. The summed E-state index contributed by atoms with van der Waals surface area (Å²) in [4.78, 5) is 16.3. The Labute approximate surface area is 192 Å². The molecule has 1 fully saturated rings. The van der Waals surface area contributed by atoms with Gasteiger partial charge in [-0.25, -0.2) is 4.39 Å². The molecule has 0 aliphatic carbocycles. The monoisotopic (exact) mass is 469 g/mol. The Morgan fingerprint density at radius 3 is 2.42 bits per heavy atom. The average molecular weight is 470 g/mol. The van der Waals surface area contributed by atoms with Gasteiger partial charge in [-0.15, -0.1) is 0 Å². The van der Waals surface area contributed by atoms with Gasteiger partial charge in [0.05, 0.1) is 17.7 Å². The van der Waals surface area contributed by atoms with Crippen LogP contribution in [0.3, 0.4) is 0 Å². The second-order valence-corrected chi connectivity index (χ2v) is 9.66. The van der Waals surface area contributed by atoms with E-state index in [9.17, 15) is 23.1 Å². The van der Waals surface area contributed by atoms with Gasteiger partial charge in [0.1, 0.15) is 11.9 Å². The van der Waals surface area contributed by atoms with Gasteiger partial charge in [0.15, 0.2) is 0 Å². The lowest BCUT2D eigenvalue weighted by Gasteiger charge is -2.52. The van der Waals surface area contributed by atoms with Crippen molar-refractivity contribution in [3.05, 3.63) is 58.4 Å². The minimum atomic E-state index is -4.51. The first kappa shape index (κ1) is 23.8. The molecule has 4 rings (SSSR count). The predicted molar refractivity (Wildman–Crippen MR) is 118 cm³/mol. The molecule has 9 heteroatoms. The Morgan fingerprint density at radius 1 is 1.15 bits per heavy atom. The Bertz CT molecular complexity index is 1080. The van der Waals surface area contributed by atoms with Crippen molar-refractivity contribution in [2.75, 3.05) is 26.7 Å². The number of likely N-dealkylation sites (tertiary alicyclic amines) is 1. The maximum atomic E-state index is 15.8. The van der Waals surface area contributed by atoms with Crippen molar-refractivity contribution in [2.45, 2.75) is 57.2 Å². The first-order valence-electron chi connectivity index (χ1n) is 11.0. The molecule has 1 aromatic heterocycles. The number of amides is 1. The lowest BCUT2D eigenvalue weighted by atomic mass is 9.79. The summed E-state index contributed by atoms with van der Waals surface area (Å²) in [7, 11) is 1.73. The molecule has 0 saturated carbocycles. The molecule has 1 amide bonds. The van der Waals surface area contributed by atoms with Crippen molar-refractivity contribution in [2.24, 2.45) is 0 Å². The lowest BCUT2D eigenvalue weighted by Crippen LogP contribution is -2.63. The zero-order chi connectivity index (χ0) is 24.3. The standard InChI is InChI=1S/C24H29F4N3O2.H2/c1-15-13-16(5-6-17(15)22(2,3)33)21(32)30-10-9-23(18(25)14-30)19-7-8-20(24(26,27)28)31(19)12-11-29(23)4;/h5-8,13,18,33H,9-12,14H2,1-4H3;1H/t18-,23-;/m1./s1. The maximum absolute atomic E-state index is 15.8. The third kappa shape index (κ3) is 3.85. The summed E-state index contributed by atoms with van der Waals surface area (Å²) >= 11 is 0. The average Bonchev–Trinajstić information content (AvgIpc) is 3.16. The van der Waals surface area contributed by atoms with Gasteiger partial charge in [-0.2, -0.15) is 13.2 Å². The second kappa shape index (κ2) is 7.84. The largest absolute Gasteiger partial charge is 0.431 e. The number of hydrogen-bond acceptors (Lipinski definition) is 3. The van der Waals surface area contributed by atoms with Crippen LogP contribution in [0.1, 0.15) is 54.6 Å². The third-order valence-corrected chi connectivity index (χ3v) is 7.14. The van der Waals surface area contributed by atoms with Crippen LogP contribution in [-0.4, -0.2) is 58.2 Å². The van der Waals surface area contributed by atoms with Gasteiger partial charge >= 0.3 is 6.18 Å². The van der Waals surface area contributed by atoms with Gasteiger partial charge in [-0.3, -0.25) is 9.69 Å². The topological polar surface area (TPSA) is 48.7 Å². The molecule has 0 bridgehead atoms. The fourth-order valence-corrected chi connectivity index (χ4v) is 5.45. The molecule has 0 radical (unpaired) electrons. The summed E-state index contributed by atoms with van der Waals surface area (Å²) in [5.74, 6) is -0.331. The molecule has 182 valence electrons. The molecule has 1 saturated heterocycles. The van der Waals surface area contributed by atoms with E-state index in [1.807, 2.05) is 0 Å². The van der Waals surface area contributed by atoms with Crippen LogP contribution in [0.15, 0.2) is 30.3 Å². The second-order valence-electron chi connectivity index (χ2n) is 9.66. The van der Waals surface area contributed by atoms with Gasteiger partial charge < -0.3 is 14.6 Å². The van der Waals surface area contributed by atoms with E-state index < -0.39 is 29.2 Å². The van der Waals surface area contributed by atoms with Crippen LogP contribution in [0, 0.1) is 6.92 Å². The van der Waals surface area contributed by atoms with E-state index in [0.717, 1.165) is 11.6 Å². The highest BCUT2D eigenvalue weighted by atomic mass is 19.4. The number of likely N-dealkylation sites (N-methyl/N-ethyl adjacent to an activating group) is 1. The number of rotatable bonds is 2. The lowest BCUT2D eigenvalue weighted by molar-refractivity contribution is -0.145. The van der Waals surface area contributed by atoms with Crippen molar-refractivity contribution in [3.8, 4) is 0 Å². The third-order valence-electron chi connectivity index (χ3n) is 7.14. The van der Waals surface area contributed by atoms with Crippen LogP contribution >= 0.6 is 0 Å². The quantitative estimate of drug-likeness (QED) is 0.667. The normalized spacial score (nSPS) is 24.3. The molecule has 3 heterocycles. The molecule has 1 N–H and O–H groups in total. The van der Waals surface area contributed by atoms with Crippen LogP contribution < -0.4 is 0 Å². The zero-order valence-electron chi connectivity index (χ0n) is 19.2. The summed E-state index contributed by atoms with van der Waals surface area (Å²) in [5.41, 5.74) is -0.870. The molecule has 2 aromatic rings. The van der Waals surface area contributed by atoms with Crippen LogP contribution in [0.25, 0.3) is 0 Å². The fraction of sp³-hybridized carbons (Fsp3) is 0.542.